The van der Waals surface area contributed by atoms with Gasteiger partial charge in [-0.25, -0.2) is 4.79 Å². The van der Waals surface area contributed by atoms with E-state index in [1.54, 1.807) is 0 Å². The summed E-state index contributed by atoms with van der Waals surface area (Å²) in [6.45, 7) is 1.77. The third kappa shape index (κ3) is 3.20. The fourth-order valence-electron chi connectivity index (χ4n) is 2.20. The number of aliphatic hydroxyl groups excluding tert-OH is 1. The zero-order valence-electron chi connectivity index (χ0n) is 9.48. The average Bonchev–Trinajstić information content (AvgIpc) is 2.63. The number of amides is 1. The van der Waals surface area contributed by atoms with Crippen LogP contribution in [0.25, 0.3) is 0 Å². The summed E-state index contributed by atoms with van der Waals surface area (Å²) in [5, 5.41) is 20.0. The molecule has 5 nitrogen and oxygen atoms in total. The molecule has 0 aromatic carbocycles. The number of hydrogen-bond donors (Lipinski definition) is 3. The van der Waals surface area contributed by atoms with Crippen LogP contribution in [0.1, 0.15) is 32.6 Å². The normalized spacial score (nSPS) is 26.4. The van der Waals surface area contributed by atoms with Crippen LogP contribution in [0.5, 0.6) is 0 Å². The Morgan fingerprint density at radius 2 is 2.12 bits per heavy atom. The first-order chi connectivity index (χ1) is 7.56. The molecule has 1 fully saturated rings. The molecule has 3 atom stereocenters. The van der Waals surface area contributed by atoms with E-state index in [9.17, 15) is 9.59 Å². The van der Waals surface area contributed by atoms with E-state index in [0.29, 0.717) is 5.92 Å². The van der Waals surface area contributed by atoms with Gasteiger partial charge in [-0.15, -0.1) is 0 Å². The number of aliphatic hydroxyl groups is 1. The van der Waals surface area contributed by atoms with E-state index in [2.05, 4.69) is 5.32 Å². The summed E-state index contributed by atoms with van der Waals surface area (Å²) in [4.78, 5) is 22.6. The Kier molecular flexibility index (Phi) is 4.73. The molecule has 1 rings (SSSR count). The van der Waals surface area contributed by atoms with E-state index in [4.69, 9.17) is 10.2 Å². The topological polar surface area (TPSA) is 86.6 Å². The van der Waals surface area contributed by atoms with Gasteiger partial charge >= 0.3 is 5.97 Å². The van der Waals surface area contributed by atoms with Gasteiger partial charge in [0.15, 0.2) is 0 Å². The SMILES string of the molecule is CC1CCCC1C(=O)N[C@H](CCO)C(=O)O. The van der Waals surface area contributed by atoms with Crippen molar-refractivity contribution >= 4 is 11.9 Å². The Morgan fingerprint density at radius 1 is 1.44 bits per heavy atom. The van der Waals surface area contributed by atoms with Crippen molar-refractivity contribution in [2.45, 2.75) is 38.6 Å². The van der Waals surface area contributed by atoms with Crippen LogP contribution in [0, 0.1) is 11.8 Å². The molecule has 1 amide bonds. The summed E-state index contributed by atoms with van der Waals surface area (Å²) < 4.78 is 0. The van der Waals surface area contributed by atoms with E-state index < -0.39 is 12.0 Å². The van der Waals surface area contributed by atoms with Crippen LogP contribution < -0.4 is 5.32 Å². The molecular formula is C11H19NO4. The highest BCUT2D eigenvalue weighted by molar-refractivity contribution is 5.85. The lowest BCUT2D eigenvalue weighted by Crippen LogP contribution is -2.44. The summed E-state index contributed by atoms with van der Waals surface area (Å²) in [7, 11) is 0. The third-order valence-electron chi connectivity index (χ3n) is 3.23. The van der Waals surface area contributed by atoms with Gasteiger partial charge in [0.1, 0.15) is 6.04 Å². The number of carboxylic acids is 1. The molecule has 5 heteroatoms. The van der Waals surface area contributed by atoms with E-state index >= 15 is 0 Å². The maximum Gasteiger partial charge on any atom is 0.326 e. The monoisotopic (exact) mass is 229 g/mol. The lowest BCUT2D eigenvalue weighted by Gasteiger charge is -2.19. The summed E-state index contributed by atoms with van der Waals surface area (Å²) in [6, 6.07) is -0.967. The molecule has 1 aliphatic rings. The Labute approximate surface area is 94.8 Å². The molecule has 2 unspecified atom stereocenters. The van der Waals surface area contributed by atoms with E-state index in [1.165, 1.54) is 0 Å². The second-order valence-electron chi connectivity index (χ2n) is 4.43. The molecule has 0 aromatic heterocycles. The van der Waals surface area contributed by atoms with Gasteiger partial charge in [-0.05, 0) is 18.8 Å². The minimum atomic E-state index is -1.09. The van der Waals surface area contributed by atoms with E-state index in [-0.39, 0.29) is 24.9 Å². The van der Waals surface area contributed by atoms with Gasteiger partial charge in [0, 0.05) is 18.9 Å². The second kappa shape index (κ2) is 5.84. The van der Waals surface area contributed by atoms with Crippen molar-refractivity contribution < 1.29 is 19.8 Å². The van der Waals surface area contributed by atoms with Crippen molar-refractivity contribution in [3.05, 3.63) is 0 Å². The number of hydrogen-bond acceptors (Lipinski definition) is 3. The number of rotatable bonds is 5. The van der Waals surface area contributed by atoms with Crippen molar-refractivity contribution in [1.82, 2.24) is 5.32 Å². The van der Waals surface area contributed by atoms with Crippen molar-refractivity contribution in [2.24, 2.45) is 11.8 Å². The summed E-state index contributed by atoms with van der Waals surface area (Å²) in [5.74, 6) is -1.02. The number of carbonyl (C=O) groups excluding carboxylic acids is 1. The standard InChI is InChI=1S/C11H19NO4/c1-7-3-2-4-8(7)10(14)12-9(5-6-13)11(15)16/h7-9,13H,2-6H2,1H3,(H,12,14)(H,15,16)/t7?,8?,9-/m1/s1. The predicted molar refractivity (Wildman–Crippen MR) is 57.8 cm³/mol. The Hall–Kier alpha value is -1.10. The minimum absolute atomic E-state index is 0.0577. The van der Waals surface area contributed by atoms with Crippen LogP contribution in [-0.2, 0) is 9.59 Å². The molecule has 3 N–H and O–H groups in total. The zero-order chi connectivity index (χ0) is 12.1. The number of aliphatic carboxylic acids is 1. The van der Waals surface area contributed by atoms with Crippen molar-refractivity contribution in [3.8, 4) is 0 Å². The zero-order valence-corrected chi connectivity index (χ0v) is 9.48. The second-order valence-corrected chi connectivity index (χ2v) is 4.43. The highest BCUT2D eigenvalue weighted by Gasteiger charge is 2.31. The fraction of sp³-hybridized carbons (Fsp3) is 0.818. The molecule has 92 valence electrons. The number of carboxylic acid groups (broad SMARTS) is 1. The van der Waals surface area contributed by atoms with Gasteiger partial charge in [0.25, 0.3) is 0 Å². The van der Waals surface area contributed by atoms with Gasteiger partial charge in [0.05, 0.1) is 0 Å². The van der Waals surface area contributed by atoms with Crippen molar-refractivity contribution in [1.29, 1.82) is 0 Å². The summed E-state index contributed by atoms with van der Waals surface area (Å²) >= 11 is 0. The molecule has 0 aliphatic heterocycles. The van der Waals surface area contributed by atoms with Crippen molar-refractivity contribution in [3.63, 3.8) is 0 Å². The van der Waals surface area contributed by atoms with E-state index in [1.807, 2.05) is 6.92 Å². The molecule has 16 heavy (non-hydrogen) atoms. The molecule has 1 aliphatic carbocycles. The highest BCUT2D eigenvalue weighted by atomic mass is 16.4. The first-order valence-electron chi connectivity index (χ1n) is 5.70. The Morgan fingerprint density at radius 3 is 2.56 bits per heavy atom. The highest BCUT2D eigenvalue weighted by Crippen LogP contribution is 2.31. The van der Waals surface area contributed by atoms with Gasteiger partial charge in [-0.3, -0.25) is 4.79 Å². The van der Waals surface area contributed by atoms with Crippen molar-refractivity contribution in [2.75, 3.05) is 6.61 Å². The molecule has 0 aromatic rings. The average molecular weight is 229 g/mol. The van der Waals surface area contributed by atoms with Gasteiger partial charge < -0.3 is 15.5 Å². The van der Waals surface area contributed by atoms with Crippen LogP contribution in [0.3, 0.4) is 0 Å². The molecule has 1 saturated carbocycles. The van der Waals surface area contributed by atoms with Crippen LogP contribution >= 0.6 is 0 Å². The first-order valence-corrected chi connectivity index (χ1v) is 5.70. The largest absolute Gasteiger partial charge is 0.480 e. The molecule has 0 radical (unpaired) electrons. The molecular weight excluding hydrogens is 210 g/mol. The maximum atomic E-state index is 11.8. The molecule has 0 saturated heterocycles. The summed E-state index contributed by atoms with van der Waals surface area (Å²) in [5.41, 5.74) is 0. The van der Waals surface area contributed by atoms with Crippen LogP contribution in [-0.4, -0.2) is 34.7 Å². The minimum Gasteiger partial charge on any atom is -0.480 e. The van der Waals surface area contributed by atoms with Crippen LogP contribution in [0.15, 0.2) is 0 Å². The molecule has 0 heterocycles. The Bertz CT molecular complexity index is 267. The lowest BCUT2D eigenvalue weighted by atomic mass is 9.97. The van der Waals surface area contributed by atoms with Crippen LogP contribution in [0.4, 0.5) is 0 Å². The smallest absolute Gasteiger partial charge is 0.326 e. The third-order valence-corrected chi connectivity index (χ3v) is 3.23. The summed E-state index contributed by atoms with van der Waals surface area (Å²) in [6.07, 6.45) is 2.94. The fourth-order valence-corrected chi connectivity index (χ4v) is 2.20. The lowest BCUT2D eigenvalue weighted by molar-refractivity contribution is -0.143. The number of carbonyl (C=O) groups is 2. The van der Waals surface area contributed by atoms with E-state index in [0.717, 1.165) is 19.3 Å². The maximum absolute atomic E-state index is 11.8. The van der Waals surface area contributed by atoms with Gasteiger partial charge in [-0.2, -0.15) is 0 Å². The first kappa shape index (κ1) is 13.0. The molecule has 0 spiro atoms. The quantitative estimate of drug-likeness (QED) is 0.636. The predicted octanol–water partition coefficient (Wildman–Crippen LogP) is 0.374. The van der Waals surface area contributed by atoms with Gasteiger partial charge in [0.2, 0.25) is 5.91 Å². The molecule has 0 bridgehead atoms. The van der Waals surface area contributed by atoms with Gasteiger partial charge in [-0.1, -0.05) is 13.3 Å². The number of nitrogens with one attached hydrogen (secondary N) is 1. The Balaban J connectivity index is 2.50. The van der Waals surface area contributed by atoms with Crippen LogP contribution in [0.2, 0.25) is 0 Å².